The lowest BCUT2D eigenvalue weighted by molar-refractivity contribution is -0.207. The van der Waals surface area contributed by atoms with E-state index in [1.165, 1.54) is 0 Å². The summed E-state index contributed by atoms with van der Waals surface area (Å²) >= 11 is 0. The van der Waals surface area contributed by atoms with Crippen LogP contribution in [0.4, 0.5) is 0 Å². The van der Waals surface area contributed by atoms with E-state index in [0.717, 1.165) is 24.8 Å². The largest absolute Gasteiger partial charge is 0.492 e. The Kier molecular flexibility index (Phi) is 7.28. The lowest BCUT2D eigenvalue weighted by atomic mass is 9.44. The Morgan fingerprint density at radius 3 is 2.74 bits per heavy atom. The third kappa shape index (κ3) is 4.28. The van der Waals surface area contributed by atoms with E-state index in [9.17, 15) is 19.7 Å². The van der Waals surface area contributed by atoms with Gasteiger partial charge in [-0.05, 0) is 66.1 Å². The molecule has 0 spiro atoms. The lowest BCUT2D eigenvalue weighted by Crippen LogP contribution is -2.63. The summed E-state index contributed by atoms with van der Waals surface area (Å²) in [5.74, 6) is -0.117. The molecule has 4 aliphatic rings. The molecule has 9 atom stereocenters. The number of nitrogens with two attached hydrogens (primary N) is 1. The average Bonchev–Trinajstić information content (AvgIpc) is 3.44. The van der Waals surface area contributed by atoms with Crippen molar-refractivity contribution >= 4 is 24.3 Å². The van der Waals surface area contributed by atoms with Crippen molar-refractivity contribution in [1.82, 2.24) is 0 Å². The SMILES string of the molecule is C=C[C@]1(C)C[C@@H](OC(=O)COc2ccc3c(c2)B(O)OC3CN)[C@]2(C)[C@H](C)CC[C@]3(CCC(=O)[C@H]32)[C@@H](C)[C@@H]1O. The van der Waals surface area contributed by atoms with Crippen molar-refractivity contribution in [1.29, 1.82) is 0 Å². The van der Waals surface area contributed by atoms with Crippen molar-refractivity contribution in [2.75, 3.05) is 13.2 Å². The first-order chi connectivity index (χ1) is 18.4. The maximum Gasteiger partial charge on any atom is 0.492 e. The Morgan fingerprint density at radius 1 is 1.31 bits per heavy atom. The van der Waals surface area contributed by atoms with Crippen molar-refractivity contribution in [3.8, 4) is 5.75 Å². The fourth-order valence-corrected chi connectivity index (χ4v) is 8.47. The summed E-state index contributed by atoms with van der Waals surface area (Å²) in [4.78, 5) is 26.8. The second-order valence-electron chi connectivity index (χ2n) is 12.9. The van der Waals surface area contributed by atoms with Gasteiger partial charge in [0.2, 0.25) is 0 Å². The van der Waals surface area contributed by atoms with Crippen molar-refractivity contribution in [3.63, 3.8) is 0 Å². The highest BCUT2D eigenvalue weighted by atomic mass is 16.6. The van der Waals surface area contributed by atoms with Gasteiger partial charge in [-0.25, -0.2) is 4.79 Å². The number of fused-ring (bicyclic) bond motifs is 1. The van der Waals surface area contributed by atoms with E-state index in [2.05, 4.69) is 27.4 Å². The van der Waals surface area contributed by atoms with Gasteiger partial charge in [0.15, 0.2) is 6.61 Å². The van der Waals surface area contributed by atoms with Crippen LogP contribution >= 0.6 is 0 Å². The average molecular weight is 539 g/mol. The highest BCUT2D eigenvalue weighted by Gasteiger charge is 2.68. The number of Topliss-reactive ketones (excluding diaryl/α,β-unsaturated/α-hetero) is 1. The van der Waals surface area contributed by atoms with E-state index in [1.807, 2.05) is 6.92 Å². The van der Waals surface area contributed by atoms with Gasteiger partial charge >= 0.3 is 13.1 Å². The highest BCUT2D eigenvalue weighted by Crippen LogP contribution is 2.68. The molecule has 0 saturated heterocycles. The van der Waals surface area contributed by atoms with Crippen molar-refractivity contribution < 1.29 is 33.8 Å². The van der Waals surface area contributed by atoms with E-state index >= 15 is 0 Å². The minimum atomic E-state index is -1.10. The number of rotatable bonds is 6. The van der Waals surface area contributed by atoms with Crippen molar-refractivity contribution in [2.45, 2.75) is 78.1 Å². The second kappa shape index (κ2) is 10.0. The van der Waals surface area contributed by atoms with E-state index in [0.29, 0.717) is 24.1 Å². The third-order valence-electron chi connectivity index (χ3n) is 11.1. The lowest BCUT2D eigenvalue weighted by Gasteiger charge is -2.61. The first-order valence-corrected chi connectivity index (χ1v) is 14.3. The Bertz CT molecular complexity index is 1160. The van der Waals surface area contributed by atoms with Gasteiger partial charge in [-0.2, -0.15) is 0 Å². The first kappa shape index (κ1) is 28.3. The molecule has 1 heterocycles. The van der Waals surface area contributed by atoms with Crippen LogP contribution in [0, 0.1) is 34.0 Å². The fraction of sp³-hybridized carbons (Fsp3) is 0.667. The third-order valence-corrected chi connectivity index (χ3v) is 11.1. The van der Waals surface area contributed by atoms with Crippen LogP contribution in [0.1, 0.15) is 71.5 Å². The van der Waals surface area contributed by atoms with Crippen LogP contribution in [0.25, 0.3) is 0 Å². The zero-order valence-corrected chi connectivity index (χ0v) is 23.5. The molecule has 4 N–H and O–H groups in total. The molecule has 5 rings (SSSR count). The molecule has 3 aliphatic carbocycles. The molecule has 212 valence electrons. The second-order valence-corrected chi connectivity index (χ2v) is 12.9. The molecule has 1 aromatic carbocycles. The highest BCUT2D eigenvalue weighted by molar-refractivity contribution is 6.61. The molecular weight excluding hydrogens is 497 g/mol. The van der Waals surface area contributed by atoms with Crippen LogP contribution in [0.5, 0.6) is 5.75 Å². The topological polar surface area (TPSA) is 128 Å². The number of carbonyl (C=O) groups is 2. The molecule has 0 radical (unpaired) electrons. The molecule has 1 aliphatic heterocycles. The summed E-state index contributed by atoms with van der Waals surface area (Å²) < 4.78 is 17.5. The minimum Gasteiger partial charge on any atom is -0.482 e. The molecule has 9 heteroatoms. The van der Waals surface area contributed by atoms with E-state index in [4.69, 9.17) is 19.9 Å². The van der Waals surface area contributed by atoms with Gasteiger partial charge in [0.1, 0.15) is 17.6 Å². The number of ketones is 1. The first-order valence-electron chi connectivity index (χ1n) is 14.3. The Morgan fingerprint density at radius 2 is 2.05 bits per heavy atom. The molecule has 39 heavy (non-hydrogen) atoms. The molecule has 3 saturated carbocycles. The van der Waals surface area contributed by atoms with Gasteiger partial charge in [-0.3, -0.25) is 4.79 Å². The summed E-state index contributed by atoms with van der Waals surface area (Å²) in [6, 6.07) is 5.16. The standard InChI is InChI=1S/C30H42BNO7/c1-6-28(4)14-24(29(5)17(2)9-11-30(18(3)27(28)35)12-10-22(33)26(29)30)38-25(34)16-37-19-7-8-20-21(13-19)31(36)39-23(20)15-32/h6-8,13,17-18,23-24,26-27,35-36H,1,9-12,14-16,32H2,2-5H3/t17-,18+,23?,24-,26+,27+,28-,29+,30+/m1/s1. The number of carbonyl (C=O) groups excluding carboxylic acids is 2. The summed E-state index contributed by atoms with van der Waals surface area (Å²) in [5, 5.41) is 21.9. The molecule has 0 amide bonds. The number of hydrogen-bond donors (Lipinski definition) is 3. The predicted octanol–water partition coefficient (Wildman–Crippen LogP) is 2.69. The smallest absolute Gasteiger partial charge is 0.482 e. The molecule has 2 bridgehead atoms. The molecule has 3 fully saturated rings. The number of hydrogen-bond acceptors (Lipinski definition) is 8. The van der Waals surface area contributed by atoms with Gasteiger partial charge in [-0.1, -0.05) is 39.8 Å². The predicted molar refractivity (Wildman–Crippen MR) is 147 cm³/mol. The normalized spacial score (nSPS) is 41.3. The monoisotopic (exact) mass is 539 g/mol. The molecule has 8 nitrogen and oxygen atoms in total. The van der Waals surface area contributed by atoms with Crippen LogP contribution in [0.15, 0.2) is 30.9 Å². The molecule has 1 unspecified atom stereocenters. The summed E-state index contributed by atoms with van der Waals surface area (Å²) in [6.45, 7) is 12.3. The quantitative estimate of drug-likeness (QED) is 0.286. The van der Waals surface area contributed by atoms with Crippen molar-refractivity contribution in [3.05, 3.63) is 36.4 Å². The summed E-state index contributed by atoms with van der Waals surface area (Å²) in [7, 11) is -1.10. The van der Waals surface area contributed by atoms with E-state index in [1.54, 1.807) is 24.3 Å². The Balaban J connectivity index is 1.41. The zero-order chi connectivity index (χ0) is 28.3. The van der Waals surface area contributed by atoms with Crippen LogP contribution < -0.4 is 15.9 Å². The molecular formula is C30H42BNO7. The van der Waals surface area contributed by atoms with Crippen LogP contribution in [0.2, 0.25) is 0 Å². The number of benzene rings is 1. The fourth-order valence-electron chi connectivity index (χ4n) is 8.47. The molecule has 0 aromatic heterocycles. The van der Waals surface area contributed by atoms with Crippen LogP contribution in [0.3, 0.4) is 0 Å². The van der Waals surface area contributed by atoms with Gasteiger partial charge < -0.3 is 30.0 Å². The van der Waals surface area contributed by atoms with Crippen molar-refractivity contribution in [2.24, 2.45) is 39.7 Å². The zero-order valence-electron chi connectivity index (χ0n) is 23.5. The number of ether oxygens (including phenoxy) is 2. The maximum absolute atomic E-state index is 13.5. The number of esters is 1. The number of aliphatic hydroxyl groups is 1. The Labute approximate surface area is 231 Å². The maximum atomic E-state index is 13.5. The van der Waals surface area contributed by atoms with Gasteiger partial charge in [0.05, 0.1) is 12.2 Å². The van der Waals surface area contributed by atoms with Gasteiger partial charge in [0, 0.05) is 29.7 Å². The Hall–Kier alpha value is -2.20. The number of aliphatic hydroxyl groups excluding tert-OH is 1. The van der Waals surface area contributed by atoms with E-state index in [-0.39, 0.29) is 48.2 Å². The van der Waals surface area contributed by atoms with Gasteiger partial charge in [-0.15, -0.1) is 6.58 Å². The minimum absolute atomic E-state index is 0.0817. The van der Waals surface area contributed by atoms with E-state index < -0.39 is 36.1 Å². The summed E-state index contributed by atoms with van der Waals surface area (Å²) in [6.07, 6.45) is 3.52. The van der Waals surface area contributed by atoms with Crippen LogP contribution in [-0.4, -0.2) is 54.4 Å². The molecule has 1 aromatic rings. The summed E-state index contributed by atoms with van der Waals surface area (Å²) in [5.41, 5.74) is 5.51. The van der Waals surface area contributed by atoms with Gasteiger partial charge in [0.25, 0.3) is 0 Å². The van der Waals surface area contributed by atoms with Crippen LogP contribution in [-0.2, 0) is 19.0 Å².